The van der Waals surface area contributed by atoms with Gasteiger partial charge in [-0.25, -0.2) is 4.98 Å². The fourth-order valence-electron chi connectivity index (χ4n) is 2.99. The number of anilines is 1. The monoisotopic (exact) mass is 340 g/mol. The number of nitrogens with zero attached hydrogens (tertiary/aromatic N) is 4. The largest absolute Gasteiger partial charge is 0.497 e. The molecule has 0 unspecified atom stereocenters. The van der Waals surface area contributed by atoms with Gasteiger partial charge in [-0.2, -0.15) is 0 Å². The number of rotatable bonds is 5. The van der Waals surface area contributed by atoms with Gasteiger partial charge in [0.05, 0.1) is 19.0 Å². The van der Waals surface area contributed by atoms with E-state index in [0.717, 1.165) is 55.4 Å². The van der Waals surface area contributed by atoms with Crippen molar-refractivity contribution in [3.8, 4) is 5.75 Å². The standard InChI is InChI=1S/C19H24N4O2/c1-15-13-20-14-18(21-15)22-9-11-23(12-10-22)19(24)8-5-16-3-6-17(25-2)7-4-16/h3-4,6-7,13-14H,5,8-12H2,1-2H3. The van der Waals surface area contributed by atoms with E-state index in [0.29, 0.717) is 6.42 Å². The second-order valence-electron chi connectivity index (χ2n) is 6.23. The van der Waals surface area contributed by atoms with Gasteiger partial charge in [-0.1, -0.05) is 12.1 Å². The third kappa shape index (κ3) is 4.47. The number of aromatic nitrogens is 2. The molecular weight excluding hydrogens is 316 g/mol. The molecule has 1 saturated heterocycles. The van der Waals surface area contributed by atoms with Crippen LogP contribution in [0.2, 0.25) is 0 Å². The molecule has 6 nitrogen and oxygen atoms in total. The molecule has 25 heavy (non-hydrogen) atoms. The molecule has 1 aromatic heterocycles. The van der Waals surface area contributed by atoms with Crippen molar-refractivity contribution in [3.05, 3.63) is 47.9 Å². The highest BCUT2D eigenvalue weighted by Crippen LogP contribution is 2.15. The molecule has 6 heteroatoms. The van der Waals surface area contributed by atoms with Crippen molar-refractivity contribution < 1.29 is 9.53 Å². The number of carbonyl (C=O) groups excluding carboxylic acids is 1. The first kappa shape index (κ1) is 17.2. The minimum atomic E-state index is 0.214. The molecular formula is C19H24N4O2. The predicted octanol–water partition coefficient (Wildman–Crippen LogP) is 2.08. The summed E-state index contributed by atoms with van der Waals surface area (Å²) in [5.41, 5.74) is 2.07. The van der Waals surface area contributed by atoms with E-state index in [1.165, 1.54) is 0 Å². The fourth-order valence-corrected chi connectivity index (χ4v) is 2.99. The van der Waals surface area contributed by atoms with E-state index in [9.17, 15) is 4.79 Å². The Morgan fingerprint density at radius 3 is 2.48 bits per heavy atom. The Labute approximate surface area is 148 Å². The molecule has 2 heterocycles. The highest BCUT2D eigenvalue weighted by atomic mass is 16.5. The fraction of sp³-hybridized carbons (Fsp3) is 0.421. The van der Waals surface area contributed by atoms with Crippen LogP contribution in [0.3, 0.4) is 0 Å². The number of hydrogen-bond donors (Lipinski definition) is 0. The number of aryl methyl sites for hydroxylation is 2. The zero-order chi connectivity index (χ0) is 17.6. The van der Waals surface area contributed by atoms with E-state index in [1.54, 1.807) is 19.5 Å². The Hall–Kier alpha value is -2.63. The average Bonchev–Trinajstić information content (AvgIpc) is 2.66. The minimum Gasteiger partial charge on any atom is -0.497 e. The van der Waals surface area contributed by atoms with Crippen LogP contribution in [0.25, 0.3) is 0 Å². The smallest absolute Gasteiger partial charge is 0.223 e. The lowest BCUT2D eigenvalue weighted by molar-refractivity contribution is -0.131. The Balaban J connectivity index is 1.48. The van der Waals surface area contributed by atoms with Crippen LogP contribution in [-0.2, 0) is 11.2 Å². The quantitative estimate of drug-likeness (QED) is 0.834. The van der Waals surface area contributed by atoms with Crippen LogP contribution in [0.15, 0.2) is 36.7 Å². The van der Waals surface area contributed by atoms with Crippen molar-refractivity contribution in [1.82, 2.24) is 14.9 Å². The van der Waals surface area contributed by atoms with E-state index in [4.69, 9.17) is 4.74 Å². The second kappa shape index (κ2) is 7.96. The van der Waals surface area contributed by atoms with Gasteiger partial charge in [0.25, 0.3) is 0 Å². The van der Waals surface area contributed by atoms with Crippen molar-refractivity contribution in [2.75, 3.05) is 38.2 Å². The normalized spacial score (nSPS) is 14.5. The van der Waals surface area contributed by atoms with Crippen LogP contribution < -0.4 is 9.64 Å². The topological polar surface area (TPSA) is 58.6 Å². The number of amides is 1. The molecule has 0 bridgehead atoms. The summed E-state index contributed by atoms with van der Waals surface area (Å²) in [5.74, 6) is 1.95. The van der Waals surface area contributed by atoms with Crippen LogP contribution in [0, 0.1) is 6.92 Å². The second-order valence-corrected chi connectivity index (χ2v) is 6.23. The van der Waals surface area contributed by atoms with Gasteiger partial charge < -0.3 is 14.5 Å². The number of hydrogen-bond acceptors (Lipinski definition) is 5. The molecule has 0 saturated carbocycles. The summed E-state index contributed by atoms with van der Waals surface area (Å²) < 4.78 is 5.15. The maximum Gasteiger partial charge on any atom is 0.223 e. The molecule has 1 aliphatic heterocycles. The average molecular weight is 340 g/mol. The van der Waals surface area contributed by atoms with Gasteiger partial charge in [-0.3, -0.25) is 9.78 Å². The SMILES string of the molecule is COc1ccc(CCC(=O)N2CCN(c3cncc(C)n3)CC2)cc1. The molecule has 0 aliphatic carbocycles. The molecule has 3 rings (SSSR count). The first-order valence-corrected chi connectivity index (χ1v) is 8.60. The predicted molar refractivity (Wildman–Crippen MR) is 96.9 cm³/mol. The van der Waals surface area contributed by atoms with Gasteiger partial charge in [-0.15, -0.1) is 0 Å². The summed E-state index contributed by atoms with van der Waals surface area (Å²) in [6.45, 7) is 5.00. The van der Waals surface area contributed by atoms with Gasteiger partial charge in [-0.05, 0) is 31.0 Å². The minimum absolute atomic E-state index is 0.214. The van der Waals surface area contributed by atoms with Gasteiger partial charge >= 0.3 is 0 Å². The molecule has 1 aliphatic rings. The molecule has 0 spiro atoms. The molecule has 132 valence electrons. The summed E-state index contributed by atoms with van der Waals surface area (Å²) in [5, 5.41) is 0. The zero-order valence-electron chi connectivity index (χ0n) is 14.8. The van der Waals surface area contributed by atoms with E-state index in [1.807, 2.05) is 36.1 Å². The first-order chi connectivity index (χ1) is 12.2. The van der Waals surface area contributed by atoms with Gasteiger partial charge in [0, 0.05) is 38.8 Å². The summed E-state index contributed by atoms with van der Waals surface area (Å²) in [6, 6.07) is 7.89. The van der Waals surface area contributed by atoms with Crippen LogP contribution in [0.1, 0.15) is 17.7 Å². The van der Waals surface area contributed by atoms with Crippen molar-refractivity contribution in [1.29, 1.82) is 0 Å². The van der Waals surface area contributed by atoms with Crippen LogP contribution in [-0.4, -0.2) is 54.1 Å². The van der Waals surface area contributed by atoms with E-state index in [-0.39, 0.29) is 5.91 Å². The maximum absolute atomic E-state index is 12.4. The summed E-state index contributed by atoms with van der Waals surface area (Å²) in [6.07, 6.45) is 4.83. The molecule has 1 fully saturated rings. The van der Waals surface area contributed by atoms with Crippen LogP contribution >= 0.6 is 0 Å². The first-order valence-electron chi connectivity index (χ1n) is 8.60. The number of ether oxygens (including phenoxy) is 1. The van der Waals surface area contributed by atoms with Crippen molar-refractivity contribution >= 4 is 11.7 Å². The molecule has 0 radical (unpaired) electrons. The number of methoxy groups -OCH3 is 1. The number of benzene rings is 1. The number of piperazine rings is 1. The highest BCUT2D eigenvalue weighted by molar-refractivity contribution is 5.76. The van der Waals surface area contributed by atoms with Crippen molar-refractivity contribution in [2.24, 2.45) is 0 Å². The molecule has 0 atom stereocenters. The molecule has 0 N–H and O–H groups in total. The van der Waals surface area contributed by atoms with Gasteiger partial charge in [0.15, 0.2) is 0 Å². The van der Waals surface area contributed by atoms with Gasteiger partial charge in [0.2, 0.25) is 5.91 Å². The number of carbonyl (C=O) groups is 1. The van der Waals surface area contributed by atoms with E-state index in [2.05, 4.69) is 14.9 Å². The lowest BCUT2D eigenvalue weighted by atomic mass is 10.1. The lowest BCUT2D eigenvalue weighted by Crippen LogP contribution is -2.49. The molecule has 1 amide bonds. The third-order valence-electron chi connectivity index (χ3n) is 4.49. The van der Waals surface area contributed by atoms with E-state index >= 15 is 0 Å². The van der Waals surface area contributed by atoms with Gasteiger partial charge in [0.1, 0.15) is 11.6 Å². The Kier molecular flexibility index (Phi) is 5.48. The highest BCUT2D eigenvalue weighted by Gasteiger charge is 2.21. The van der Waals surface area contributed by atoms with Crippen LogP contribution in [0.5, 0.6) is 5.75 Å². The maximum atomic E-state index is 12.4. The van der Waals surface area contributed by atoms with E-state index < -0.39 is 0 Å². The zero-order valence-corrected chi connectivity index (χ0v) is 14.8. The van der Waals surface area contributed by atoms with Crippen molar-refractivity contribution in [2.45, 2.75) is 19.8 Å². The Morgan fingerprint density at radius 2 is 1.84 bits per heavy atom. The Bertz CT molecular complexity index is 710. The summed E-state index contributed by atoms with van der Waals surface area (Å²) >= 11 is 0. The van der Waals surface area contributed by atoms with Crippen molar-refractivity contribution in [3.63, 3.8) is 0 Å². The molecule has 2 aromatic rings. The van der Waals surface area contributed by atoms with Crippen LogP contribution in [0.4, 0.5) is 5.82 Å². The Morgan fingerprint density at radius 1 is 1.12 bits per heavy atom. The third-order valence-corrected chi connectivity index (χ3v) is 4.49. The summed E-state index contributed by atoms with van der Waals surface area (Å²) in [4.78, 5) is 25.3. The molecule has 1 aromatic carbocycles. The lowest BCUT2D eigenvalue weighted by Gasteiger charge is -2.35. The summed E-state index contributed by atoms with van der Waals surface area (Å²) in [7, 11) is 1.65.